The lowest BCUT2D eigenvalue weighted by molar-refractivity contribution is -0.119. The van der Waals surface area contributed by atoms with Crippen molar-refractivity contribution in [3.05, 3.63) is 61.7 Å². The van der Waals surface area contributed by atoms with Crippen LogP contribution in [0.2, 0.25) is 0 Å². The summed E-state index contributed by atoms with van der Waals surface area (Å²) in [6.07, 6.45) is 7.28. The van der Waals surface area contributed by atoms with E-state index in [1.165, 1.54) is 12.5 Å². The van der Waals surface area contributed by atoms with Crippen LogP contribution in [0.3, 0.4) is 0 Å². The zero-order valence-electron chi connectivity index (χ0n) is 12.6. The number of aromatic nitrogens is 1. The Morgan fingerprint density at radius 3 is 2.87 bits per heavy atom. The number of rotatable bonds is 6. The number of para-hydroxylation sites is 1. The van der Waals surface area contributed by atoms with Crippen LogP contribution in [0.4, 0.5) is 5.69 Å². The number of pyridine rings is 1. The minimum atomic E-state index is -0.318. The maximum absolute atomic E-state index is 12.5. The highest BCUT2D eigenvalue weighted by molar-refractivity contribution is 6.01. The first-order chi connectivity index (χ1) is 11.3. The van der Waals surface area contributed by atoms with E-state index in [0.29, 0.717) is 18.5 Å². The van der Waals surface area contributed by atoms with Crippen molar-refractivity contribution in [2.24, 2.45) is 5.92 Å². The standard InChI is InChI=1S/C18H18N2O3/c1-2-13(8-9-16-22-11-12-23-16)18(21)20-15-7-3-5-14-6-4-10-19-17(14)15/h2-7,10-13,16H,1,8-9H2,(H,20,21). The van der Waals surface area contributed by atoms with Crippen molar-refractivity contribution in [3.63, 3.8) is 0 Å². The Morgan fingerprint density at radius 2 is 2.09 bits per heavy atom. The smallest absolute Gasteiger partial charge is 0.239 e. The van der Waals surface area contributed by atoms with Gasteiger partial charge in [0.1, 0.15) is 12.5 Å². The van der Waals surface area contributed by atoms with Crippen LogP contribution in [0.5, 0.6) is 0 Å². The van der Waals surface area contributed by atoms with Gasteiger partial charge in [-0.15, -0.1) is 6.58 Å². The van der Waals surface area contributed by atoms with Crippen LogP contribution in [0.15, 0.2) is 61.7 Å². The second-order valence-corrected chi connectivity index (χ2v) is 5.26. The molecule has 1 aliphatic heterocycles. The molecule has 0 bridgehead atoms. The first kappa shape index (κ1) is 15.1. The number of nitrogens with one attached hydrogen (secondary N) is 1. The predicted molar refractivity (Wildman–Crippen MR) is 88.4 cm³/mol. The Kier molecular flexibility index (Phi) is 4.57. The van der Waals surface area contributed by atoms with Gasteiger partial charge in [0.2, 0.25) is 12.2 Å². The first-order valence-electron chi connectivity index (χ1n) is 7.51. The number of hydrogen-bond acceptors (Lipinski definition) is 4. The average molecular weight is 310 g/mol. The summed E-state index contributed by atoms with van der Waals surface area (Å²) in [5.74, 6) is -0.425. The molecule has 5 heteroatoms. The van der Waals surface area contributed by atoms with E-state index in [4.69, 9.17) is 9.47 Å². The molecule has 0 fully saturated rings. The van der Waals surface area contributed by atoms with E-state index in [1.54, 1.807) is 12.3 Å². The quantitative estimate of drug-likeness (QED) is 0.828. The number of ether oxygens (including phenoxy) is 2. The van der Waals surface area contributed by atoms with Crippen LogP contribution in [-0.4, -0.2) is 17.2 Å². The van der Waals surface area contributed by atoms with Crippen LogP contribution in [0.1, 0.15) is 12.8 Å². The molecule has 1 N–H and O–H groups in total. The number of hydrogen-bond donors (Lipinski definition) is 1. The molecule has 3 rings (SSSR count). The SMILES string of the molecule is C=CC(CCC1OC=CO1)C(=O)Nc1cccc2cccnc12. The molecule has 23 heavy (non-hydrogen) atoms. The topological polar surface area (TPSA) is 60.5 Å². The van der Waals surface area contributed by atoms with Gasteiger partial charge in [-0.25, -0.2) is 0 Å². The molecular formula is C18H18N2O3. The Labute approximate surface area is 134 Å². The van der Waals surface area contributed by atoms with Gasteiger partial charge in [-0.3, -0.25) is 9.78 Å². The van der Waals surface area contributed by atoms with Crippen molar-refractivity contribution >= 4 is 22.5 Å². The summed E-state index contributed by atoms with van der Waals surface area (Å²) < 4.78 is 10.4. The summed E-state index contributed by atoms with van der Waals surface area (Å²) >= 11 is 0. The lowest BCUT2D eigenvalue weighted by atomic mass is 10.0. The molecule has 0 radical (unpaired) electrons. The number of nitrogens with zero attached hydrogens (tertiary/aromatic N) is 1. The lowest BCUT2D eigenvalue weighted by Gasteiger charge is -2.16. The van der Waals surface area contributed by atoms with E-state index in [2.05, 4.69) is 16.9 Å². The van der Waals surface area contributed by atoms with Gasteiger partial charge < -0.3 is 14.8 Å². The van der Waals surface area contributed by atoms with Gasteiger partial charge >= 0.3 is 0 Å². The van der Waals surface area contributed by atoms with Crippen LogP contribution in [-0.2, 0) is 14.3 Å². The lowest BCUT2D eigenvalue weighted by Crippen LogP contribution is -2.23. The van der Waals surface area contributed by atoms with E-state index in [9.17, 15) is 4.79 Å². The molecule has 1 amide bonds. The van der Waals surface area contributed by atoms with E-state index < -0.39 is 0 Å². The van der Waals surface area contributed by atoms with E-state index in [1.807, 2.05) is 30.3 Å². The average Bonchev–Trinajstić information content (AvgIpc) is 3.09. The number of carbonyl (C=O) groups excluding carboxylic acids is 1. The monoisotopic (exact) mass is 310 g/mol. The first-order valence-corrected chi connectivity index (χ1v) is 7.51. The summed E-state index contributed by atoms with van der Waals surface area (Å²) in [7, 11) is 0. The molecule has 5 nitrogen and oxygen atoms in total. The number of benzene rings is 1. The third-order valence-electron chi connectivity index (χ3n) is 3.74. The summed E-state index contributed by atoms with van der Waals surface area (Å²) in [6.45, 7) is 3.76. The molecule has 1 unspecified atom stereocenters. The summed E-state index contributed by atoms with van der Waals surface area (Å²) in [6, 6.07) is 9.54. The third-order valence-corrected chi connectivity index (χ3v) is 3.74. The largest absolute Gasteiger partial charge is 0.459 e. The van der Waals surface area contributed by atoms with Gasteiger partial charge in [-0.05, 0) is 18.6 Å². The molecule has 2 heterocycles. The molecule has 118 valence electrons. The maximum atomic E-state index is 12.5. The molecule has 1 aromatic carbocycles. The zero-order chi connectivity index (χ0) is 16.1. The molecule has 0 aliphatic carbocycles. The molecule has 1 atom stereocenters. The summed E-state index contributed by atoms with van der Waals surface area (Å²) in [5, 5.41) is 3.93. The Bertz CT molecular complexity index is 729. The summed E-state index contributed by atoms with van der Waals surface area (Å²) in [5.41, 5.74) is 1.48. The van der Waals surface area contributed by atoms with Crippen molar-refractivity contribution in [2.45, 2.75) is 19.1 Å². The van der Waals surface area contributed by atoms with E-state index >= 15 is 0 Å². The van der Waals surface area contributed by atoms with Crippen molar-refractivity contribution in [1.82, 2.24) is 4.98 Å². The van der Waals surface area contributed by atoms with Gasteiger partial charge in [0, 0.05) is 18.0 Å². The van der Waals surface area contributed by atoms with Gasteiger partial charge in [0.15, 0.2) is 0 Å². The fourth-order valence-electron chi connectivity index (χ4n) is 2.51. The molecule has 1 aromatic heterocycles. The van der Waals surface area contributed by atoms with Gasteiger partial charge in [0.25, 0.3) is 0 Å². The van der Waals surface area contributed by atoms with Gasteiger partial charge in [-0.1, -0.05) is 24.3 Å². The maximum Gasteiger partial charge on any atom is 0.239 e. The molecule has 1 aliphatic rings. The third kappa shape index (κ3) is 3.51. The number of fused-ring (bicyclic) bond motifs is 1. The second kappa shape index (κ2) is 6.96. The molecule has 0 spiro atoms. The highest BCUT2D eigenvalue weighted by Crippen LogP contribution is 2.23. The fourth-order valence-corrected chi connectivity index (χ4v) is 2.51. The number of carbonyl (C=O) groups is 1. The van der Waals surface area contributed by atoms with Crippen molar-refractivity contribution in [3.8, 4) is 0 Å². The van der Waals surface area contributed by atoms with E-state index in [0.717, 1.165) is 10.9 Å². The normalized spacial score (nSPS) is 15.0. The molecule has 0 saturated carbocycles. The molecule has 2 aromatic rings. The Balaban J connectivity index is 1.67. The van der Waals surface area contributed by atoms with Crippen LogP contribution in [0.25, 0.3) is 10.9 Å². The van der Waals surface area contributed by atoms with Crippen LogP contribution >= 0.6 is 0 Å². The highest BCUT2D eigenvalue weighted by atomic mass is 16.7. The van der Waals surface area contributed by atoms with Crippen molar-refractivity contribution < 1.29 is 14.3 Å². The zero-order valence-corrected chi connectivity index (χ0v) is 12.6. The van der Waals surface area contributed by atoms with E-state index in [-0.39, 0.29) is 18.1 Å². The highest BCUT2D eigenvalue weighted by Gasteiger charge is 2.20. The van der Waals surface area contributed by atoms with Crippen LogP contribution < -0.4 is 5.32 Å². The van der Waals surface area contributed by atoms with Crippen molar-refractivity contribution in [2.75, 3.05) is 5.32 Å². The van der Waals surface area contributed by atoms with Gasteiger partial charge in [-0.2, -0.15) is 0 Å². The number of anilines is 1. The minimum absolute atomic E-state index is 0.107. The predicted octanol–water partition coefficient (Wildman–Crippen LogP) is 3.60. The van der Waals surface area contributed by atoms with Crippen LogP contribution in [0, 0.1) is 5.92 Å². The minimum Gasteiger partial charge on any atom is -0.459 e. The Morgan fingerprint density at radius 1 is 1.30 bits per heavy atom. The number of amides is 1. The van der Waals surface area contributed by atoms with Gasteiger partial charge in [0.05, 0.1) is 17.1 Å². The molecular weight excluding hydrogens is 292 g/mol. The van der Waals surface area contributed by atoms with Crippen molar-refractivity contribution in [1.29, 1.82) is 0 Å². The second-order valence-electron chi connectivity index (χ2n) is 5.26. The Hall–Kier alpha value is -2.82. The summed E-state index contributed by atoms with van der Waals surface area (Å²) in [4.78, 5) is 16.8. The fraction of sp³-hybridized carbons (Fsp3) is 0.222. The molecule has 0 saturated heterocycles.